The van der Waals surface area contributed by atoms with Crippen LogP contribution in [0.4, 0.5) is 24.5 Å². The zero-order valence-electron chi connectivity index (χ0n) is 18.2. The fourth-order valence-electron chi connectivity index (χ4n) is 2.69. The average Bonchev–Trinajstić information content (AvgIpc) is 2.66. The molecule has 8 nitrogen and oxygen atoms in total. The van der Waals surface area contributed by atoms with Crippen LogP contribution in [0, 0.1) is 10.1 Å². The Morgan fingerprint density at radius 3 is 2.18 bits per heavy atom. The molecule has 0 aromatic heterocycles. The van der Waals surface area contributed by atoms with E-state index in [-0.39, 0.29) is 34.2 Å². The lowest BCUT2D eigenvalue weighted by Crippen LogP contribution is -2.15. The van der Waals surface area contributed by atoms with Crippen LogP contribution < -0.4 is 10.1 Å². The molecule has 182 valence electrons. The number of anilines is 1. The van der Waals surface area contributed by atoms with Crippen molar-refractivity contribution < 1.29 is 36.4 Å². The van der Waals surface area contributed by atoms with Crippen molar-refractivity contribution in [3.8, 4) is 11.5 Å². The first kappa shape index (κ1) is 26.9. The number of nitro benzene ring substituents is 1. The van der Waals surface area contributed by atoms with Gasteiger partial charge in [-0.2, -0.15) is 13.2 Å². The number of rotatable bonds is 10. The Kier molecular flexibility index (Phi) is 8.75. The van der Waals surface area contributed by atoms with Crippen molar-refractivity contribution in [3.63, 3.8) is 0 Å². The third-order valence-electron chi connectivity index (χ3n) is 3.86. The normalized spacial score (nSPS) is 12.3. The number of benzene rings is 2. The van der Waals surface area contributed by atoms with Crippen LogP contribution in [0.15, 0.2) is 36.4 Å². The number of nitro groups is 1. The van der Waals surface area contributed by atoms with Crippen LogP contribution in [0.5, 0.6) is 11.5 Å². The number of nitrogens with zero attached hydrogens (tertiary/aromatic N) is 1. The van der Waals surface area contributed by atoms with E-state index in [1.807, 2.05) is 0 Å². The molecule has 33 heavy (non-hydrogen) atoms. The van der Waals surface area contributed by atoms with Crippen molar-refractivity contribution >= 4 is 30.6 Å². The minimum absolute atomic E-state index is 0.0501. The minimum atomic E-state index is -4.57. The highest BCUT2D eigenvalue weighted by molar-refractivity contribution is 7.54. The Balaban J connectivity index is 2.31. The highest BCUT2D eigenvalue weighted by Gasteiger charge is 2.31. The summed E-state index contributed by atoms with van der Waals surface area (Å²) >= 11 is 5.91. The van der Waals surface area contributed by atoms with Crippen molar-refractivity contribution in [1.82, 2.24) is 0 Å². The van der Waals surface area contributed by atoms with Gasteiger partial charge in [-0.05, 0) is 52.0 Å². The average molecular weight is 511 g/mol. The smallest absolute Gasteiger partial charge is 0.416 e. The SMILES string of the molecule is CC(C)OP(=O)(CNc1cc(Oc2ccc(C(F)(F)F)cc2Cl)ccc1[N+](=O)[O-])OC(C)C. The van der Waals surface area contributed by atoms with E-state index in [9.17, 15) is 27.9 Å². The van der Waals surface area contributed by atoms with Gasteiger partial charge >= 0.3 is 13.8 Å². The Hall–Kier alpha value is -2.33. The molecule has 0 amide bonds. The zero-order valence-corrected chi connectivity index (χ0v) is 19.8. The van der Waals surface area contributed by atoms with Crippen LogP contribution in [0.1, 0.15) is 33.3 Å². The summed E-state index contributed by atoms with van der Waals surface area (Å²) in [7, 11) is -3.66. The van der Waals surface area contributed by atoms with Crippen molar-refractivity contribution in [2.24, 2.45) is 0 Å². The van der Waals surface area contributed by atoms with Crippen LogP contribution in [-0.2, 0) is 19.8 Å². The van der Waals surface area contributed by atoms with Crippen molar-refractivity contribution in [2.75, 3.05) is 11.6 Å². The summed E-state index contributed by atoms with van der Waals surface area (Å²) in [6.07, 6.45) is -5.79. The quantitative estimate of drug-likeness (QED) is 0.201. The minimum Gasteiger partial charge on any atom is -0.456 e. The van der Waals surface area contributed by atoms with E-state index in [0.717, 1.165) is 18.2 Å². The van der Waals surface area contributed by atoms with E-state index in [4.69, 9.17) is 25.4 Å². The van der Waals surface area contributed by atoms with Crippen LogP contribution in [0.2, 0.25) is 5.02 Å². The fourth-order valence-corrected chi connectivity index (χ4v) is 4.76. The second-order valence-corrected chi connectivity index (χ2v) is 9.80. The van der Waals surface area contributed by atoms with Gasteiger partial charge in [0.1, 0.15) is 23.5 Å². The number of alkyl halides is 3. The molecule has 2 aromatic carbocycles. The molecule has 0 heterocycles. The van der Waals surface area contributed by atoms with E-state index in [1.165, 1.54) is 12.1 Å². The fraction of sp³-hybridized carbons (Fsp3) is 0.400. The molecule has 0 fully saturated rings. The van der Waals surface area contributed by atoms with Gasteiger partial charge in [-0.3, -0.25) is 14.7 Å². The molecule has 0 unspecified atom stereocenters. The van der Waals surface area contributed by atoms with E-state index < -0.39 is 36.5 Å². The van der Waals surface area contributed by atoms with Gasteiger partial charge in [-0.25, -0.2) is 0 Å². The van der Waals surface area contributed by atoms with E-state index in [1.54, 1.807) is 27.7 Å². The summed E-state index contributed by atoms with van der Waals surface area (Å²) < 4.78 is 67.8. The maximum atomic E-state index is 13.0. The molecule has 0 saturated heterocycles. The molecule has 2 aromatic rings. The predicted octanol–water partition coefficient (Wildman–Crippen LogP) is 7.47. The molecule has 0 aliphatic heterocycles. The first-order valence-corrected chi connectivity index (χ1v) is 11.8. The Labute approximate surface area is 193 Å². The summed E-state index contributed by atoms with van der Waals surface area (Å²) in [5.41, 5.74) is -1.35. The third kappa shape index (κ3) is 7.89. The van der Waals surface area contributed by atoms with Crippen LogP contribution >= 0.6 is 19.2 Å². The molecular weight excluding hydrogens is 488 g/mol. The summed E-state index contributed by atoms with van der Waals surface area (Å²) in [5, 5.41) is 13.8. The highest BCUT2D eigenvalue weighted by Crippen LogP contribution is 2.50. The maximum absolute atomic E-state index is 13.0. The largest absolute Gasteiger partial charge is 0.456 e. The molecule has 2 rings (SSSR count). The Morgan fingerprint density at radius 2 is 1.70 bits per heavy atom. The van der Waals surface area contributed by atoms with Crippen molar-refractivity contribution in [1.29, 1.82) is 0 Å². The lowest BCUT2D eigenvalue weighted by atomic mass is 10.2. The molecule has 0 atom stereocenters. The lowest BCUT2D eigenvalue weighted by Gasteiger charge is -2.23. The van der Waals surface area contributed by atoms with Gasteiger partial charge in [0.25, 0.3) is 5.69 Å². The molecule has 0 spiro atoms. The monoisotopic (exact) mass is 510 g/mol. The van der Waals surface area contributed by atoms with Crippen LogP contribution in [-0.4, -0.2) is 23.4 Å². The third-order valence-corrected chi connectivity index (χ3v) is 6.18. The second-order valence-electron chi connectivity index (χ2n) is 7.44. The van der Waals surface area contributed by atoms with Gasteiger partial charge in [0.05, 0.1) is 27.7 Å². The van der Waals surface area contributed by atoms with Crippen molar-refractivity contribution in [3.05, 3.63) is 57.1 Å². The number of nitrogens with one attached hydrogen (secondary N) is 1. The van der Waals surface area contributed by atoms with E-state index in [0.29, 0.717) is 6.07 Å². The molecule has 1 N–H and O–H groups in total. The second kappa shape index (κ2) is 10.7. The van der Waals surface area contributed by atoms with Gasteiger partial charge in [-0.1, -0.05) is 11.6 Å². The lowest BCUT2D eigenvalue weighted by molar-refractivity contribution is -0.384. The van der Waals surface area contributed by atoms with E-state index in [2.05, 4.69) is 5.32 Å². The molecule has 13 heteroatoms. The number of ether oxygens (including phenoxy) is 1. The summed E-state index contributed by atoms with van der Waals surface area (Å²) in [5.74, 6) is -0.0319. The standard InChI is InChI=1S/C20H23ClF3N2O6P/c1-12(2)31-33(29,32-13(3)4)11-25-17-10-15(6-7-18(17)26(27)28)30-19-8-5-14(9-16(19)21)20(22,23)24/h5-10,12-13,25H,11H2,1-4H3. The molecule has 0 bridgehead atoms. The summed E-state index contributed by atoms with van der Waals surface area (Å²) in [4.78, 5) is 10.8. The Bertz CT molecular complexity index is 1030. The van der Waals surface area contributed by atoms with E-state index >= 15 is 0 Å². The topological polar surface area (TPSA) is 99.9 Å². The highest BCUT2D eigenvalue weighted by atomic mass is 35.5. The summed E-state index contributed by atoms with van der Waals surface area (Å²) in [6.45, 7) is 6.67. The number of hydrogen-bond acceptors (Lipinski definition) is 7. The first-order valence-electron chi connectivity index (χ1n) is 9.73. The number of halogens is 4. The maximum Gasteiger partial charge on any atom is 0.416 e. The molecule has 0 saturated carbocycles. The van der Waals surface area contributed by atoms with Crippen LogP contribution in [0.3, 0.4) is 0 Å². The number of hydrogen-bond donors (Lipinski definition) is 1. The van der Waals surface area contributed by atoms with Crippen LogP contribution in [0.25, 0.3) is 0 Å². The first-order chi connectivity index (χ1) is 15.2. The Morgan fingerprint density at radius 1 is 1.09 bits per heavy atom. The van der Waals surface area contributed by atoms with Gasteiger partial charge in [-0.15, -0.1) is 0 Å². The van der Waals surface area contributed by atoms with Gasteiger partial charge in [0, 0.05) is 12.1 Å². The molecule has 0 radical (unpaired) electrons. The van der Waals surface area contributed by atoms with Gasteiger partial charge in [0.15, 0.2) is 0 Å². The predicted molar refractivity (Wildman–Crippen MR) is 118 cm³/mol. The van der Waals surface area contributed by atoms with Gasteiger partial charge in [0.2, 0.25) is 0 Å². The molecular formula is C20H23ClF3N2O6P. The zero-order chi connectivity index (χ0) is 25.0. The molecule has 0 aliphatic carbocycles. The van der Waals surface area contributed by atoms with Gasteiger partial charge < -0.3 is 19.1 Å². The van der Waals surface area contributed by atoms with Crippen molar-refractivity contribution in [2.45, 2.75) is 46.1 Å². The molecule has 0 aliphatic rings. The summed E-state index contributed by atoms with van der Waals surface area (Å²) in [6, 6.07) is 6.18.